The smallest absolute Gasteiger partial charge is 0.332 e. The second-order valence-electron chi connectivity index (χ2n) is 6.30. The Labute approximate surface area is 144 Å². The van der Waals surface area contributed by atoms with Gasteiger partial charge in [-0.15, -0.1) is 0 Å². The Morgan fingerprint density at radius 1 is 1.28 bits per heavy atom. The van der Waals surface area contributed by atoms with Crippen molar-refractivity contribution in [2.24, 2.45) is 14.1 Å². The van der Waals surface area contributed by atoms with Crippen molar-refractivity contribution in [1.82, 2.24) is 23.6 Å². The van der Waals surface area contributed by atoms with Gasteiger partial charge in [-0.05, 0) is 19.8 Å². The van der Waals surface area contributed by atoms with E-state index in [4.69, 9.17) is 4.74 Å². The summed E-state index contributed by atoms with van der Waals surface area (Å²) in [5.41, 5.74) is -0.395. The maximum absolute atomic E-state index is 12.6. The predicted octanol–water partition coefficient (Wildman–Crippen LogP) is -0.539. The molecule has 3 rings (SSSR count). The SMILES string of the molecule is CCOC1CCN(C(=O)Cn2c(=O)c3c(ncn3C)n(C)c2=O)CC1. The fourth-order valence-corrected chi connectivity index (χ4v) is 3.28. The Balaban J connectivity index is 1.84. The molecule has 0 atom stereocenters. The summed E-state index contributed by atoms with van der Waals surface area (Å²) in [6, 6.07) is 0. The second-order valence-corrected chi connectivity index (χ2v) is 6.30. The average Bonchev–Trinajstić information content (AvgIpc) is 2.99. The Hall–Kier alpha value is -2.42. The van der Waals surface area contributed by atoms with E-state index in [2.05, 4.69) is 4.98 Å². The van der Waals surface area contributed by atoms with Gasteiger partial charge in [0.05, 0.1) is 12.4 Å². The van der Waals surface area contributed by atoms with Crippen LogP contribution in [0.25, 0.3) is 11.2 Å². The first-order valence-electron chi connectivity index (χ1n) is 8.44. The molecule has 3 heterocycles. The fourth-order valence-electron chi connectivity index (χ4n) is 3.28. The standard InChI is InChI=1S/C16H23N5O4/c1-4-25-11-5-7-20(8-6-11)12(22)9-21-15(23)13-14(17-10-18(13)2)19(3)16(21)24/h10-11H,4-9H2,1-3H3. The van der Waals surface area contributed by atoms with Crippen molar-refractivity contribution in [2.45, 2.75) is 32.4 Å². The zero-order valence-corrected chi connectivity index (χ0v) is 14.8. The van der Waals surface area contributed by atoms with Crippen molar-refractivity contribution < 1.29 is 9.53 Å². The van der Waals surface area contributed by atoms with E-state index in [1.807, 2.05) is 6.92 Å². The van der Waals surface area contributed by atoms with Crippen LogP contribution in [0.5, 0.6) is 0 Å². The largest absolute Gasteiger partial charge is 0.378 e. The summed E-state index contributed by atoms with van der Waals surface area (Å²) < 4.78 is 9.42. The number of piperidine rings is 1. The number of carbonyl (C=O) groups is 1. The Morgan fingerprint density at radius 3 is 2.60 bits per heavy atom. The number of carbonyl (C=O) groups excluding carboxylic acids is 1. The molecule has 1 aliphatic rings. The van der Waals surface area contributed by atoms with Gasteiger partial charge in [0.15, 0.2) is 11.2 Å². The first-order chi connectivity index (χ1) is 11.9. The van der Waals surface area contributed by atoms with E-state index < -0.39 is 11.2 Å². The molecule has 0 aromatic carbocycles. The summed E-state index contributed by atoms with van der Waals surface area (Å²) in [7, 11) is 3.23. The highest BCUT2D eigenvalue weighted by atomic mass is 16.5. The van der Waals surface area contributed by atoms with Gasteiger partial charge in [-0.1, -0.05) is 0 Å². The molecule has 0 unspecified atom stereocenters. The van der Waals surface area contributed by atoms with Gasteiger partial charge in [0, 0.05) is 33.8 Å². The number of likely N-dealkylation sites (tertiary alicyclic amines) is 1. The quantitative estimate of drug-likeness (QED) is 0.739. The number of fused-ring (bicyclic) bond motifs is 1. The molecule has 1 saturated heterocycles. The minimum atomic E-state index is -0.534. The number of imidazole rings is 1. The normalized spacial score (nSPS) is 15.9. The molecule has 0 spiro atoms. The molecule has 1 aliphatic heterocycles. The first-order valence-corrected chi connectivity index (χ1v) is 8.44. The highest BCUT2D eigenvalue weighted by Crippen LogP contribution is 2.14. The van der Waals surface area contributed by atoms with Crippen LogP contribution in [0.3, 0.4) is 0 Å². The zero-order valence-electron chi connectivity index (χ0n) is 14.8. The molecule has 25 heavy (non-hydrogen) atoms. The molecule has 9 nitrogen and oxygen atoms in total. The summed E-state index contributed by atoms with van der Waals surface area (Å²) in [4.78, 5) is 43.4. The van der Waals surface area contributed by atoms with Crippen LogP contribution in [0.4, 0.5) is 0 Å². The molecular formula is C16H23N5O4. The number of nitrogens with zero attached hydrogens (tertiary/aromatic N) is 5. The number of amides is 1. The Bertz CT molecular complexity index is 902. The van der Waals surface area contributed by atoms with Crippen molar-refractivity contribution in [1.29, 1.82) is 0 Å². The van der Waals surface area contributed by atoms with Gasteiger partial charge in [0.1, 0.15) is 6.54 Å². The van der Waals surface area contributed by atoms with Crippen LogP contribution in [-0.2, 0) is 30.2 Å². The molecule has 0 saturated carbocycles. The molecule has 2 aromatic rings. The molecule has 9 heteroatoms. The van der Waals surface area contributed by atoms with Crippen LogP contribution in [0, 0.1) is 0 Å². The van der Waals surface area contributed by atoms with E-state index in [0.717, 1.165) is 17.4 Å². The van der Waals surface area contributed by atoms with Crippen molar-refractivity contribution in [2.75, 3.05) is 19.7 Å². The molecule has 0 radical (unpaired) electrons. The number of hydrogen-bond donors (Lipinski definition) is 0. The first kappa shape index (κ1) is 17.4. The van der Waals surface area contributed by atoms with Gasteiger partial charge in [0.2, 0.25) is 5.91 Å². The lowest BCUT2D eigenvalue weighted by Crippen LogP contribution is -2.47. The van der Waals surface area contributed by atoms with E-state index in [1.54, 1.807) is 23.6 Å². The van der Waals surface area contributed by atoms with Crippen LogP contribution < -0.4 is 11.2 Å². The number of hydrogen-bond acceptors (Lipinski definition) is 5. The minimum Gasteiger partial charge on any atom is -0.378 e. The van der Waals surface area contributed by atoms with Crippen molar-refractivity contribution in [3.8, 4) is 0 Å². The molecule has 1 amide bonds. The van der Waals surface area contributed by atoms with Gasteiger partial charge in [-0.3, -0.25) is 14.2 Å². The Morgan fingerprint density at radius 2 is 1.96 bits per heavy atom. The molecular weight excluding hydrogens is 326 g/mol. The van der Waals surface area contributed by atoms with Gasteiger partial charge in [-0.25, -0.2) is 14.3 Å². The monoisotopic (exact) mass is 349 g/mol. The lowest BCUT2D eigenvalue weighted by molar-refractivity contribution is -0.134. The maximum Gasteiger partial charge on any atom is 0.332 e. The van der Waals surface area contributed by atoms with E-state index in [1.165, 1.54) is 10.9 Å². The van der Waals surface area contributed by atoms with Crippen molar-refractivity contribution in [3.63, 3.8) is 0 Å². The second kappa shape index (κ2) is 6.83. The third kappa shape index (κ3) is 3.11. The summed E-state index contributed by atoms with van der Waals surface area (Å²) >= 11 is 0. The topological polar surface area (TPSA) is 91.4 Å². The average molecular weight is 349 g/mol. The Kier molecular flexibility index (Phi) is 4.76. The molecule has 1 fully saturated rings. The molecule has 0 N–H and O–H groups in total. The summed E-state index contributed by atoms with van der Waals surface area (Å²) in [6.45, 7) is 3.51. The number of aromatic nitrogens is 4. The summed E-state index contributed by atoms with van der Waals surface area (Å²) in [5, 5.41) is 0. The minimum absolute atomic E-state index is 0.176. The van der Waals surface area contributed by atoms with Crippen molar-refractivity contribution in [3.05, 3.63) is 27.2 Å². The van der Waals surface area contributed by atoms with Gasteiger partial charge >= 0.3 is 5.69 Å². The van der Waals surface area contributed by atoms with Crippen LogP contribution in [0.15, 0.2) is 15.9 Å². The lowest BCUT2D eigenvalue weighted by atomic mass is 10.1. The van der Waals surface area contributed by atoms with Crippen LogP contribution in [-0.4, -0.2) is 55.3 Å². The number of ether oxygens (including phenoxy) is 1. The molecule has 2 aromatic heterocycles. The van der Waals surface area contributed by atoms with E-state index >= 15 is 0 Å². The zero-order chi connectivity index (χ0) is 18.1. The third-order valence-corrected chi connectivity index (χ3v) is 4.69. The summed E-state index contributed by atoms with van der Waals surface area (Å²) in [5.74, 6) is -0.226. The summed E-state index contributed by atoms with van der Waals surface area (Å²) in [6.07, 6.45) is 3.20. The van der Waals surface area contributed by atoms with Crippen LogP contribution in [0.2, 0.25) is 0 Å². The number of aryl methyl sites for hydroxylation is 2. The fraction of sp³-hybridized carbons (Fsp3) is 0.625. The number of rotatable bonds is 4. The third-order valence-electron chi connectivity index (χ3n) is 4.69. The molecule has 0 aliphatic carbocycles. The highest BCUT2D eigenvalue weighted by molar-refractivity contribution is 5.77. The molecule has 0 bridgehead atoms. The van der Waals surface area contributed by atoms with E-state index in [-0.39, 0.29) is 18.6 Å². The van der Waals surface area contributed by atoms with E-state index in [9.17, 15) is 14.4 Å². The van der Waals surface area contributed by atoms with Crippen molar-refractivity contribution >= 4 is 17.1 Å². The maximum atomic E-state index is 12.6. The van der Waals surface area contributed by atoms with Gasteiger partial charge < -0.3 is 14.2 Å². The van der Waals surface area contributed by atoms with Gasteiger partial charge in [-0.2, -0.15) is 0 Å². The highest BCUT2D eigenvalue weighted by Gasteiger charge is 2.24. The van der Waals surface area contributed by atoms with Crippen LogP contribution in [0.1, 0.15) is 19.8 Å². The predicted molar refractivity (Wildman–Crippen MR) is 91.4 cm³/mol. The van der Waals surface area contributed by atoms with Crippen LogP contribution >= 0.6 is 0 Å². The van der Waals surface area contributed by atoms with Gasteiger partial charge in [0.25, 0.3) is 5.56 Å². The molecule has 136 valence electrons. The van der Waals surface area contributed by atoms with E-state index in [0.29, 0.717) is 30.9 Å². The lowest BCUT2D eigenvalue weighted by Gasteiger charge is -2.31.